The van der Waals surface area contributed by atoms with Crippen LogP contribution in [0.15, 0.2) is 18.5 Å². The van der Waals surface area contributed by atoms with Gasteiger partial charge in [0.15, 0.2) is 0 Å². The summed E-state index contributed by atoms with van der Waals surface area (Å²) in [6, 6.07) is 2.07. The van der Waals surface area contributed by atoms with Crippen molar-refractivity contribution in [3.05, 3.63) is 35.3 Å². The fraction of sp³-hybridized carbons (Fsp3) is 0.417. The van der Waals surface area contributed by atoms with Crippen LogP contribution in [0.4, 0.5) is 0 Å². The van der Waals surface area contributed by atoms with Crippen LogP contribution in [0.2, 0.25) is 0 Å². The van der Waals surface area contributed by atoms with Gasteiger partial charge in [0, 0.05) is 24.5 Å². The van der Waals surface area contributed by atoms with Crippen molar-refractivity contribution in [2.24, 2.45) is 5.73 Å². The van der Waals surface area contributed by atoms with Crippen molar-refractivity contribution in [3.8, 4) is 0 Å². The molecule has 16 heavy (non-hydrogen) atoms. The van der Waals surface area contributed by atoms with E-state index in [1.807, 2.05) is 10.6 Å². The smallest absolute Gasteiger partial charge is 0.142 e. The molecule has 2 aromatic rings. The predicted molar refractivity (Wildman–Crippen MR) is 61.0 cm³/mol. The SMILES string of the molecule is NCc1cn2cc(C3CC3)cc(CO)c2n1. The molecule has 1 saturated carbocycles. The van der Waals surface area contributed by atoms with E-state index in [-0.39, 0.29) is 6.61 Å². The van der Waals surface area contributed by atoms with Crippen LogP contribution in [0.3, 0.4) is 0 Å². The van der Waals surface area contributed by atoms with Crippen LogP contribution in [0.25, 0.3) is 5.65 Å². The highest BCUT2D eigenvalue weighted by Gasteiger charge is 2.24. The summed E-state index contributed by atoms with van der Waals surface area (Å²) >= 11 is 0. The Morgan fingerprint density at radius 1 is 1.44 bits per heavy atom. The summed E-state index contributed by atoms with van der Waals surface area (Å²) in [7, 11) is 0. The van der Waals surface area contributed by atoms with Crippen LogP contribution in [0.1, 0.15) is 35.6 Å². The lowest BCUT2D eigenvalue weighted by Crippen LogP contribution is -1.96. The molecule has 0 amide bonds. The number of nitrogens with two attached hydrogens (primary N) is 1. The number of hydrogen-bond donors (Lipinski definition) is 2. The summed E-state index contributed by atoms with van der Waals surface area (Å²) < 4.78 is 1.99. The van der Waals surface area contributed by atoms with Gasteiger partial charge in [-0.3, -0.25) is 0 Å². The average Bonchev–Trinajstić information content (AvgIpc) is 3.07. The fourth-order valence-electron chi connectivity index (χ4n) is 2.10. The fourth-order valence-corrected chi connectivity index (χ4v) is 2.10. The van der Waals surface area contributed by atoms with Gasteiger partial charge in [-0.05, 0) is 30.4 Å². The van der Waals surface area contributed by atoms with E-state index in [0.29, 0.717) is 12.5 Å². The standard InChI is InChI=1S/C12H15N3O/c13-4-11-6-15-5-9(8-1-2-8)3-10(7-16)12(15)14-11/h3,5-6,8,16H,1-2,4,7,13H2. The average molecular weight is 217 g/mol. The highest BCUT2D eigenvalue weighted by molar-refractivity contribution is 5.51. The van der Waals surface area contributed by atoms with E-state index in [1.165, 1.54) is 18.4 Å². The van der Waals surface area contributed by atoms with Crippen molar-refractivity contribution >= 4 is 5.65 Å². The first-order valence-electron chi connectivity index (χ1n) is 5.63. The zero-order valence-corrected chi connectivity index (χ0v) is 9.06. The molecule has 0 saturated heterocycles. The van der Waals surface area contributed by atoms with Crippen molar-refractivity contribution in [2.75, 3.05) is 0 Å². The van der Waals surface area contributed by atoms with Gasteiger partial charge in [0.2, 0.25) is 0 Å². The molecule has 0 radical (unpaired) electrons. The van der Waals surface area contributed by atoms with Crippen molar-refractivity contribution in [2.45, 2.75) is 31.9 Å². The molecule has 0 aromatic carbocycles. The number of rotatable bonds is 3. The Morgan fingerprint density at radius 3 is 2.88 bits per heavy atom. The Balaban J connectivity index is 2.19. The molecular formula is C12H15N3O. The molecule has 0 spiro atoms. The van der Waals surface area contributed by atoms with Crippen LogP contribution in [0, 0.1) is 0 Å². The maximum atomic E-state index is 9.36. The summed E-state index contributed by atoms with van der Waals surface area (Å²) in [5.41, 5.74) is 9.46. The second-order valence-electron chi connectivity index (χ2n) is 4.40. The third-order valence-electron chi connectivity index (χ3n) is 3.13. The largest absolute Gasteiger partial charge is 0.392 e. The Morgan fingerprint density at radius 2 is 2.25 bits per heavy atom. The van der Waals surface area contributed by atoms with Gasteiger partial charge < -0.3 is 15.2 Å². The molecule has 84 valence electrons. The molecule has 3 rings (SSSR count). The second-order valence-corrected chi connectivity index (χ2v) is 4.40. The molecule has 4 heteroatoms. The normalized spacial score (nSPS) is 15.9. The minimum atomic E-state index is 0.0328. The number of fused-ring (bicyclic) bond motifs is 1. The van der Waals surface area contributed by atoms with Crippen LogP contribution in [0.5, 0.6) is 0 Å². The van der Waals surface area contributed by atoms with Crippen LogP contribution in [-0.2, 0) is 13.2 Å². The van der Waals surface area contributed by atoms with E-state index in [0.717, 1.165) is 16.9 Å². The lowest BCUT2D eigenvalue weighted by Gasteiger charge is -2.04. The van der Waals surface area contributed by atoms with Crippen molar-refractivity contribution < 1.29 is 5.11 Å². The Kier molecular flexibility index (Phi) is 2.19. The lowest BCUT2D eigenvalue weighted by atomic mass is 10.1. The number of aliphatic hydroxyl groups is 1. The molecule has 0 atom stereocenters. The molecular weight excluding hydrogens is 202 g/mol. The number of hydrogen-bond acceptors (Lipinski definition) is 3. The van der Waals surface area contributed by atoms with Gasteiger partial charge in [-0.15, -0.1) is 0 Å². The number of nitrogens with zero attached hydrogens (tertiary/aromatic N) is 2. The molecule has 1 aliphatic carbocycles. The Hall–Kier alpha value is -1.39. The minimum Gasteiger partial charge on any atom is -0.392 e. The third-order valence-corrected chi connectivity index (χ3v) is 3.13. The summed E-state index contributed by atoms with van der Waals surface area (Å²) in [6.45, 7) is 0.469. The van der Waals surface area contributed by atoms with Gasteiger partial charge in [-0.1, -0.05) is 0 Å². The van der Waals surface area contributed by atoms with Gasteiger partial charge in [-0.2, -0.15) is 0 Å². The number of aliphatic hydroxyl groups excluding tert-OH is 1. The molecule has 1 aliphatic rings. The molecule has 1 fully saturated rings. The summed E-state index contributed by atoms with van der Waals surface area (Å²) in [5.74, 6) is 0.679. The Labute approximate surface area is 93.7 Å². The molecule has 0 aliphatic heterocycles. The zero-order valence-electron chi connectivity index (χ0n) is 9.06. The first-order chi connectivity index (χ1) is 7.81. The minimum absolute atomic E-state index is 0.0328. The number of pyridine rings is 1. The van der Waals surface area contributed by atoms with Crippen molar-refractivity contribution in [1.29, 1.82) is 0 Å². The van der Waals surface area contributed by atoms with E-state index in [4.69, 9.17) is 5.73 Å². The van der Waals surface area contributed by atoms with Gasteiger partial charge in [0.1, 0.15) is 5.65 Å². The van der Waals surface area contributed by atoms with E-state index in [1.54, 1.807) is 0 Å². The molecule has 3 N–H and O–H groups in total. The molecule has 4 nitrogen and oxygen atoms in total. The first-order valence-corrected chi connectivity index (χ1v) is 5.63. The van der Waals surface area contributed by atoms with Crippen LogP contribution >= 0.6 is 0 Å². The van der Waals surface area contributed by atoms with Gasteiger partial charge >= 0.3 is 0 Å². The highest BCUT2D eigenvalue weighted by atomic mass is 16.3. The second kappa shape index (κ2) is 3.57. The van der Waals surface area contributed by atoms with E-state index in [2.05, 4.69) is 17.2 Å². The highest BCUT2D eigenvalue weighted by Crippen LogP contribution is 2.40. The molecule has 2 heterocycles. The number of imidazole rings is 1. The molecule has 0 unspecified atom stereocenters. The molecule has 0 bridgehead atoms. The summed E-state index contributed by atoms with van der Waals surface area (Å²) in [4.78, 5) is 4.40. The molecule has 2 aromatic heterocycles. The maximum absolute atomic E-state index is 9.36. The van der Waals surface area contributed by atoms with Crippen LogP contribution < -0.4 is 5.73 Å². The maximum Gasteiger partial charge on any atom is 0.142 e. The summed E-state index contributed by atoms with van der Waals surface area (Å²) in [5, 5.41) is 9.36. The van der Waals surface area contributed by atoms with Gasteiger partial charge in [0.25, 0.3) is 0 Å². The van der Waals surface area contributed by atoms with Crippen molar-refractivity contribution in [3.63, 3.8) is 0 Å². The van der Waals surface area contributed by atoms with Crippen molar-refractivity contribution in [1.82, 2.24) is 9.38 Å². The quantitative estimate of drug-likeness (QED) is 0.811. The van der Waals surface area contributed by atoms with Gasteiger partial charge in [0.05, 0.1) is 12.3 Å². The third kappa shape index (κ3) is 1.50. The van der Waals surface area contributed by atoms with E-state index >= 15 is 0 Å². The monoisotopic (exact) mass is 217 g/mol. The topological polar surface area (TPSA) is 63.5 Å². The first kappa shape index (κ1) is 9.81. The van der Waals surface area contributed by atoms with Crippen LogP contribution in [-0.4, -0.2) is 14.5 Å². The predicted octanol–water partition coefficient (Wildman–Crippen LogP) is 1.16. The lowest BCUT2D eigenvalue weighted by molar-refractivity contribution is 0.282. The van der Waals surface area contributed by atoms with E-state index in [9.17, 15) is 5.11 Å². The van der Waals surface area contributed by atoms with E-state index < -0.39 is 0 Å². The zero-order chi connectivity index (χ0) is 11.1. The number of aromatic nitrogens is 2. The summed E-state index contributed by atoms with van der Waals surface area (Å²) in [6.07, 6.45) is 6.57. The van der Waals surface area contributed by atoms with Gasteiger partial charge in [-0.25, -0.2) is 4.98 Å². The Bertz CT molecular complexity index is 528.